The largest absolute Gasteiger partial charge is 0.492 e. The first kappa shape index (κ1) is 15.7. The minimum Gasteiger partial charge on any atom is -0.492 e. The summed E-state index contributed by atoms with van der Waals surface area (Å²) in [4.78, 5) is 0. The van der Waals surface area contributed by atoms with Crippen LogP contribution in [0, 0.1) is 11.2 Å². The first-order valence-corrected chi connectivity index (χ1v) is 7.01. The summed E-state index contributed by atoms with van der Waals surface area (Å²) in [6, 6.07) is 2.80. The maximum absolute atomic E-state index is 13.3. The van der Waals surface area contributed by atoms with Crippen LogP contribution in [0.25, 0.3) is 0 Å². The van der Waals surface area contributed by atoms with Gasteiger partial charge in [-0.3, -0.25) is 0 Å². The standard InChI is InChI=1S/C13H18BrClFNO/c1-4-17-7-13(2,3)8-18-12-6-11(16)10(15)5-9(12)14/h5-6,17H,4,7-8H2,1-3H3. The molecule has 0 radical (unpaired) electrons. The molecule has 1 N–H and O–H groups in total. The molecule has 0 aliphatic rings. The highest BCUT2D eigenvalue weighted by Gasteiger charge is 2.19. The highest BCUT2D eigenvalue weighted by molar-refractivity contribution is 9.10. The number of benzene rings is 1. The van der Waals surface area contributed by atoms with Crippen LogP contribution in [0.1, 0.15) is 20.8 Å². The molecule has 0 fully saturated rings. The molecule has 1 aromatic rings. The SMILES string of the molecule is CCNCC(C)(C)COc1cc(F)c(Cl)cc1Br. The third kappa shape index (κ3) is 4.75. The van der Waals surface area contributed by atoms with Crippen molar-refractivity contribution in [2.24, 2.45) is 5.41 Å². The van der Waals surface area contributed by atoms with Gasteiger partial charge in [-0.05, 0) is 28.5 Å². The third-order valence-electron chi connectivity index (χ3n) is 2.45. The normalized spacial score (nSPS) is 11.7. The molecule has 0 aliphatic heterocycles. The molecule has 2 nitrogen and oxygen atoms in total. The predicted octanol–water partition coefficient (Wildman–Crippen LogP) is 4.26. The molecule has 0 atom stereocenters. The summed E-state index contributed by atoms with van der Waals surface area (Å²) in [5.41, 5.74) is -0.0223. The summed E-state index contributed by atoms with van der Waals surface area (Å²) in [6.07, 6.45) is 0. The smallest absolute Gasteiger partial charge is 0.145 e. The molecular formula is C13H18BrClFNO. The Kier molecular flexibility index (Phi) is 5.89. The van der Waals surface area contributed by atoms with E-state index in [2.05, 4.69) is 42.0 Å². The van der Waals surface area contributed by atoms with Gasteiger partial charge < -0.3 is 10.1 Å². The Hall–Kier alpha value is -0.320. The number of hydrogen-bond donors (Lipinski definition) is 1. The fraction of sp³-hybridized carbons (Fsp3) is 0.538. The fourth-order valence-electron chi connectivity index (χ4n) is 1.40. The van der Waals surface area contributed by atoms with Gasteiger partial charge in [-0.15, -0.1) is 0 Å². The molecule has 0 unspecified atom stereocenters. The molecule has 0 saturated carbocycles. The van der Waals surface area contributed by atoms with Crippen LogP contribution in [0.2, 0.25) is 5.02 Å². The van der Waals surface area contributed by atoms with Gasteiger partial charge in [0.1, 0.15) is 11.6 Å². The average molecular weight is 339 g/mol. The predicted molar refractivity (Wildman–Crippen MR) is 76.9 cm³/mol. The van der Waals surface area contributed by atoms with Gasteiger partial charge in [0, 0.05) is 18.0 Å². The molecule has 5 heteroatoms. The van der Waals surface area contributed by atoms with Gasteiger partial charge in [0.15, 0.2) is 0 Å². The Morgan fingerprint density at radius 3 is 2.72 bits per heavy atom. The zero-order chi connectivity index (χ0) is 13.8. The molecule has 102 valence electrons. The van der Waals surface area contributed by atoms with E-state index in [1.165, 1.54) is 12.1 Å². The highest BCUT2D eigenvalue weighted by Crippen LogP contribution is 2.31. The van der Waals surface area contributed by atoms with E-state index >= 15 is 0 Å². The van der Waals surface area contributed by atoms with Crippen molar-refractivity contribution in [1.82, 2.24) is 5.32 Å². The van der Waals surface area contributed by atoms with Crippen LogP contribution in [0.15, 0.2) is 16.6 Å². The Bertz CT molecular complexity index is 412. The molecule has 0 saturated heterocycles. The Morgan fingerprint density at radius 2 is 2.11 bits per heavy atom. The lowest BCUT2D eigenvalue weighted by Gasteiger charge is -2.25. The van der Waals surface area contributed by atoms with Gasteiger partial charge in [-0.1, -0.05) is 32.4 Å². The number of rotatable bonds is 6. The van der Waals surface area contributed by atoms with Crippen LogP contribution in [0.5, 0.6) is 5.75 Å². The second-order valence-corrected chi connectivity index (χ2v) is 6.19. The molecule has 0 amide bonds. The van der Waals surface area contributed by atoms with E-state index < -0.39 is 5.82 Å². The summed E-state index contributed by atoms with van der Waals surface area (Å²) in [5.74, 6) is 0.000768. The minimum absolute atomic E-state index is 0.0223. The molecule has 0 spiro atoms. The van der Waals surface area contributed by atoms with Crippen molar-refractivity contribution in [2.75, 3.05) is 19.7 Å². The summed E-state index contributed by atoms with van der Waals surface area (Å²) in [7, 11) is 0. The van der Waals surface area contributed by atoms with Crippen LogP contribution in [0.3, 0.4) is 0 Å². The van der Waals surface area contributed by atoms with Crippen LogP contribution in [-0.2, 0) is 0 Å². The quantitative estimate of drug-likeness (QED) is 0.783. The summed E-state index contributed by atoms with van der Waals surface area (Å²) >= 11 is 8.98. The van der Waals surface area contributed by atoms with E-state index in [1.807, 2.05) is 0 Å². The zero-order valence-electron chi connectivity index (χ0n) is 10.8. The molecule has 18 heavy (non-hydrogen) atoms. The van der Waals surface area contributed by atoms with Crippen molar-refractivity contribution < 1.29 is 9.13 Å². The Labute approximate surface area is 121 Å². The van der Waals surface area contributed by atoms with E-state index in [0.717, 1.165) is 13.1 Å². The van der Waals surface area contributed by atoms with Crippen molar-refractivity contribution in [1.29, 1.82) is 0 Å². The zero-order valence-corrected chi connectivity index (χ0v) is 13.2. The van der Waals surface area contributed by atoms with E-state index in [0.29, 0.717) is 16.8 Å². The van der Waals surface area contributed by atoms with E-state index in [9.17, 15) is 4.39 Å². The lowest BCUT2D eigenvalue weighted by atomic mass is 9.95. The van der Waals surface area contributed by atoms with Crippen LogP contribution >= 0.6 is 27.5 Å². The first-order valence-electron chi connectivity index (χ1n) is 5.84. The maximum Gasteiger partial charge on any atom is 0.145 e. The van der Waals surface area contributed by atoms with Crippen molar-refractivity contribution in [3.8, 4) is 5.75 Å². The first-order chi connectivity index (χ1) is 8.35. The lowest BCUT2D eigenvalue weighted by Crippen LogP contribution is -2.34. The number of ether oxygens (including phenoxy) is 1. The average Bonchev–Trinajstić information content (AvgIpc) is 2.30. The van der Waals surface area contributed by atoms with Gasteiger partial charge in [-0.2, -0.15) is 0 Å². The van der Waals surface area contributed by atoms with Crippen LogP contribution < -0.4 is 10.1 Å². The van der Waals surface area contributed by atoms with Crippen LogP contribution in [-0.4, -0.2) is 19.7 Å². The second kappa shape index (κ2) is 6.73. The van der Waals surface area contributed by atoms with E-state index in [1.54, 1.807) is 0 Å². The number of halogens is 3. The number of hydrogen-bond acceptors (Lipinski definition) is 2. The maximum atomic E-state index is 13.3. The highest BCUT2D eigenvalue weighted by atomic mass is 79.9. The Morgan fingerprint density at radius 1 is 1.44 bits per heavy atom. The van der Waals surface area contributed by atoms with Crippen molar-refractivity contribution in [2.45, 2.75) is 20.8 Å². The second-order valence-electron chi connectivity index (χ2n) is 4.93. The van der Waals surface area contributed by atoms with Crippen molar-refractivity contribution in [3.05, 3.63) is 27.4 Å². The summed E-state index contributed by atoms with van der Waals surface area (Å²) in [5, 5.41) is 3.36. The number of nitrogens with one attached hydrogen (secondary N) is 1. The van der Waals surface area contributed by atoms with Crippen LogP contribution in [0.4, 0.5) is 4.39 Å². The topological polar surface area (TPSA) is 21.3 Å². The molecule has 1 aromatic carbocycles. The van der Waals surface area contributed by atoms with Gasteiger partial charge in [-0.25, -0.2) is 4.39 Å². The van der Waals surface area contributed by atoms with Gasteiger partial charge in [0.2, 0.25) is 0 Å². The van der Waals surface area contributed by atoms with Gasteiger partial charge >= 0.3 is 0 Å². The third-order valence-corrected chi connectivity index (χ3v) is 3.36. The van der Waals surface area contributed by atoms with Gasteiger partial charge in [0.05, 0.1) is 16.1 Å². The minimum atomic E-state index is -0.473. The molecule has 0 bridgehead atoms. The van der Waals surface area contributed by atoms with E-state index in [4.69, 9.17) is 16.3 Å². The Balaban J connectivity index is 2.66. The van der Waals surface area contributed by atoms with Crippen molar-refractivity contribution in [3.63, 3.8) is 0 Å². The summed E-state index contributed by atoms with van der Waals surface area (Å²) < 4.78 is 19.6. The van der Waals surface area contributed by atoms with Crippen molar-refractivity contribution >= 4 is 27.5 Å². The fourth-order valence-corrected chi connectivity index (χ4v) is 2.16. The molecular weight excluding hydrogens is 321 g/mol. The molecule has 1 rings (SSSR count). The molecule has 0 heterocycles. The monoisotopic (exact) mass is 337 g/mol. The van der Waals surface area contributed by atoms with Gasteiger partial charge in [0.25, 0.3) is 0 Å². The molecule has 0 aliphatic carbocycles. The lowest BCUT2D eigenvalue weighted by molar-refractivity contribution is 0.176. The summed E-state index contributed by atoms with van der Waals surface area (Å²) in [6.45, 7) is 8.51. The van der Waals surface area contributed by atoms with E-state index in [-0.39, 0.29) is 10.4 Å². The molecule has 0 aromatic heterocycles.